The Morgan fingerprint density at radius 2 is 2.12 bits per heavy atom. The second-order valence-corrected chi connectivity index (χ2v) is 4.64. The maximum Gasteiger partial charge on any atom is 0.322 e. The van der Waals surface area contributed by atoms with Crippen LogP contribution in [0.25, 0.3) is 10.2 Å². The van der Waals surface area contributed by atoms with Gasteiger partial charge in [0.1, 0.15) is 6.54 Å². The minimum Gasteiger partial charge on any atom is -0.480 e. The Kier molecular flexibility index (Phi) is 2.78. The van der Waals surface area contributed by atoms with Gasteiger partial charge in [-0.25, -0.2) is 4.98 Å². The van der Waals surface area contributed by atoms with Crippen LogP contribution in [0.2, 0.25) is 0 Å². The summed E-state index contributed by atoms with van der Waals surface area (Å²) in [5.41, 5.74) is 3.24. The standard InChI is InChI=1S/C11H12N2O2S/c1-6-3-4-7(2)10-9(6)13-11(16-10)12-5-8(14)15/h3-4H,5H2,1-2H3,(H,12,13)(H,14,15). The molecule has 0 radical (unpaired) electrons. The Labute approximate surface area is 96.9 Å². The first-order chi connectivity index (χ1) is 7.58. The van der Waals surface area contributed by atoms with Gasteiger partial charge in [-0.05, 0) is 25.0 Å². The lowest BCUT2D eigenvalue weighted by molar-refractivity contribution is -0.134. The quantitative estimate of drug-likeness (QED) is 0.859. The molecular formula is C11H12N2O2S. The van der Waals surface area contributed by atoms with E-state index in [1.165, 1.54) is 16.9 Å². The predicted molar refractivity (Wildman–Crippen MR) is 65.2 cm³/mol. The molecule has 1 heterocycles. The lowest BCUT2D eigenvalue weighted by Crippen LogP contribution is -2.11. The van der Waals surface area contributed by atoms with Crippen LogP contribution in [-0.2, 0) is 4.79 Å². The minimum absolute atomic E-state index is 0.0993. The normalized spacial score (nSPS) is 10.6. The molecule has 0 saturated carbocycles. The summed E-state index contributed by atoms with van der Waals surface area (Å²) >= 11 is 1.49. The van der Waals surface area contributed by atoms with Gasteiger partial charge < -0.3 is 10.4 Å². The molecule has 0 spiro atoms. The van der Waals surface area contributed by atoms with Gasteiger partial charge in [0.15, 0.2) is 5.13 Å². The van der Waals surface area contributed by atoms with Crippen LogP contribution in [0.1, 0.15) is 11.1 Å². The van der Waals surface area contributed by atoms with E-state index >= 15 is 0 Å². The molecular weight excluding hydrogens is 224 g/mol. The van der Waals surface area contributed by atoms with E-state index in [-0.39, 0.29) is 6.54 Å². The van der Waals surface area contributed by atoms with Crippen LogP contribution in [0.3, 0.4) is 0 Å². The third-order valence-electron chi connectivity index (χ3n) is 2.33. The van der Waals surface area contributed by atoms with Gasteiger partial charge in [0, 0.05) is 0 Å². The molecule has 0 amide bonds. The molecule has 84 valence electrons. The fourth-order valence-corrected chi connectivity index (χ4v) is 2.49. The highest BCUT2D eigenvalue weighted by Crippen LogP contribution is 2.30. The molecule has 0 bridgehead atoms. The van der Waals surface area contributed by atoms with E-state index in [1.807, 2.05) is 19.9 Å². The number of anilines is 1. The molecule has 0 fully saturated rings. The average Bonchev–Trinajstić information content (AvgIpc) is 2.66. The number of rotatable bonds is 3. The van der Waals surface area contributed by atoms with Gasteiger partial charge in [0.05, 0.1) is 10.2 Å². The van der Waals surface area contributed by atoms with Crippen molar-refractivity contribution in [3.05, 3.63) is 23.3 Å². The summed E-state index contributed by atoms with van der Waals surface area (Å²) in [5, 5.41) is 12.0. The molecule has 0 unspecified atom stereocenters. The van der Waals surface area contributed by atoms with E-state index in [0.29, 0.717) is 5.13 Å². The van der Waals surface area contributed by atoms with E-state index in [9.17, 15) is 4.79 Å². The number of hydrogen-bond acceptors (Lipinski definition) is 4. The van der Waals surface area contributed by atoms with Crippen LogP contribution >= 0.6 is 11.3 Å². The second-order valence-electron chi connectivity index (χ2n) is 3.64. The van der Waals surface area contributed by atoms with Gasteiger partial charge in [-0.1, -0.05) is 23.5 Å². The van der Waals surface area contributed by atoms with Crippen molar-refractivity contribution in [3.8, 4) is 0 Å². The monoisotopic (exact) mass is 236 g/mol. The van der Waals surface area contributed by atoms with Crippen molar-refractivity contribution in [2.24, 2.45) is 0 Å². The van der Waals surface area contributed by atoms with E-state index < -0.39 is 5.97 Å². The molecule has 16 heavy (non-hydrogen) atoms. The first-order valence-corrected chi connectivity index (χ1v) is 5.72. The lowest BCUT2D eigenvalue weighted by atomic mass is 10.1. The summed E-state index contributed by atoms with van der Waals surface area (Å²) in [6.07, 6.45) is 0. The molecule has 2 aromatic rings. The van der Waals surface area contributed by atoms with Crippen LogP contribution < -0.4 is 5.32 Å². The zero-order valence-electron chi connectivity index (χ0n) is 9.07. The Hall–Kier alpha value is -1.62. The molecule has 0 aliphatic carbocycles. The highest BCUT2D eigenvalue weighted by atomic mass is 32.1. The van der Waals surface area contributed by atoms with Crippen molar-refractivity contribution in [2.75, 3.05) is 11.9 Å². The summed E-state index contributed by atoms with van der Waals surface area (Å²) in [5.74, 6) is -0.882. The molecule has 0 saturated heterocycles. The molecule has 2 rings (SSSR count). The van der Waals surface area contributed by atoms with E-state index in [1.54, 1.807) is 0 Å². The van der Waals surface area contributed by atoms with Crippen LogP contribution in [0.15, 0.2) is 12.1 Å². The Morgan fingerprint density at radius 3 is 2.75 bits per heavy atom. The highest BCUT2D eigenvalue weighted by molar-refractivity contribution is 7.22. The molecule has 0 aliphatic heterocycles. The third-order valence-corrected chi connectivity index (χ3v) is 3.48. The topological polar surface area (TPSA) is 62.2 Å². The number of carboxylic acid groups (broad SMARTS) is 1. The Morgan fingerprint density at radius 1 is 1.44 bits per heavy atom. The Balaban J connectivity index is 2.39. The van der Waals surface area contributed by atoms with Gasteiger partial charge in [-0.3, -0.25) is 4.79 Å². The van der Waals surface area contributed by atoms with E-state index in [4.69, 9.17) is 5.11 Å². The number of aliphatic carboxylic acids is 1. The minimum atomic E-state index is -0.882. The summed E-state index contributed by atoms with van der Waals surface area (Å²) in [6.45, 7) is 3.93. The highest BCUT2D eigenvalue weighted by Gasteiger charge is 2.08. The molecule has 1 aromatic heterocycles. The molecule has 0 atom stereocenters. The number of nitrogens with zero attached hydrogens (tertiary/aromatic N) is 1. The fraction of sp³-hybridized carbons (Fsp3) is 0.273. The average molecular weight is 236 g/mol. The summed E-state index contributed by atoms with van der Waals surface area (Å²) in [4.78, 5) is 14.8. The number of fused-ring (bicyclic) bond motifs is 1. The van der Waals surface area contributed by atoms with Crippen molar-refractivity contribution in [1.82, 2.24) is 4.98 Å². The largest absolute Gasteiger partial charge is 0.480 e. The zero-order chi connectivity index (χ0) is 11.7. The van der Waals surface area contributed by atoms with E-state index in [0.717, 1.165) is 15.8 Å². The van der Waals surface area contributed by atoms with Crippen LogP contribution in [0, 0.1) is 13.8 Å². The number of carboxylic acids is 1. The van der Waals surface area contributed by atoms with Gasteiger partial charge in [-0.15, -0.1) is 0 Å². The van der Waals surface area contributed by atoms with Crippen molar-refractivity contribution < 1.29 is 9.90 Å². The molecule has 2 N–H and O–H groups in total. The van der Waals surface area contributed by atoms with Crippen molar-refractivity contribution in [3.63, 3.8) is 0 Å². The fourth-order valence-electron chi connectivity index (χ4n) is 1.49. The number of nitrogens with one attached hydrogen (secondary N) is 1. The molecule has 0 aliphatic rings. The third kappa shape index (κ3) is 1.99. The Bertz CT molecular complexity index is 509. The first-order valence-electron chi connectivity index (χ1n) is 4.90. The zero-order valence-corrected chi connectivity index (χ0v) is 9.89. The van der Waals surface area contributed by atoms with Gasteiger partial charge in [0.2, 0.25) is 0 Å². The predicted octanol–water partition coefficient (Wildman–Crippen LogP) is 2.41. The number of hydrogen-bond donors (Lipinski definition) is 2. The number of thiazole rings is 1. The number of benzene rings is 1. The molecule has 4 nitrogen and oxygen atoms in total. The molecule has 5 heteroatoms. The van der Waals surface area contributed by atoms with Crippen molar-refractivity contribution in [1.29, 1.82) is 0 Å². The van der Waals surface area contributed by atoms with E-state index in [2.05, 4.69) is 16.4 Å². The van der Waals surface area contributed by atoms with Crippen LogP contribution in [0.4, 0.5) is 5.13 Å². The first kappa shape index (κ1) is 10.9. The smallest absolute Gasteiger partial charge is 0.322 e. The summed E-state index contributed by atoms with van der Waals surface area (Å²) < 4.78 is 1.12. The van der Waals surface area contributed by atoms with Gasteiger partial charge >= 0.3 is 5.97 Å². The van der Waals surface area contributed by atoms with Gasteiger partial charge in [-0.2, -0.15) is 0 Å². The van der Waals surface area contributed by atoms with Gasteiger partial charge in [0.25, 0.3) is 0 Å². The SMILES string of the molecule is Cc1ccc(C)c2sc(NCC(=O)O)nc12. The maximum atomic E-state index is 10.4. The number of carbonyl (C=O) groups is 1. The maximum absolute atomic E-state index is 10.4. The summed E-state index contributed by atoms with van der Waals surface area (Å²) in [6, 6.07) is 4.08. The summed E-state index contributed by atoms with van der Waals surface area (Å²) in [7, 11) is 0. The van der Waals surface area contributed by atoms with Crippen LogP contribution in [-0.4, -0.2) is 22.6 Å². The lowest BCUT2D eigenvalue weighted by Gasteiger charge is -1.96. The number of aryl methyl sites for hydroxylation is 2. The molecule has 1 aromatic carbocycles. The second kappa shape index (κ2) is 4.09. The van der Waals surface area contributed by atoms with Crippen LogP contribution in [0.5, 0.6) is 0 Å². The van der Waals surface area contributed by atoms with Crippen molar-refractivity contribution >= 4 is 32.7 Å². The van der Waals surface area contributed by atoms with Crippen molar-refractivity contribution in [2.45, 2.75) is 13.8 Å². The number of aromatic nitrogens is 1.